The van der Waals surface area contributed by atoms with Crippen LogP contribution in [0.5, 0.6) is 0 Å². The molecule has 0 spiro atoms. The van der Waals surface area contributed by atoms with E-state index in [4.69, 9.17) is 11.6 Å². The van der Waals surface area contributed by atoms with Crippen LogP contribution in [0, 0.1) is 5.92 Å². The Hall–Kier alpha value is -2.66. The van der Waals surface area contributed by atoms with E-state index in [2.05, 4.69) is 10.4 Å². The van der Waals surface area contributed by atoms with Gasteiger partial charge >= 0.3 is 0 Å². The number of hydrogen-bond donors (Lipinski definition) is 1. The predicted molar refractivity (Wildman–Crippen MR) is 107 cm³/mol. The van der Waals surface area contributed by atoms with E-state index in [0.717, 1.165) is 12.0 Å². The summed E-state index contributed by atoms with van der Waals surface area (Å²) in [6.07, 6.45) is 0.764. The van der Waals surface area contributed by atoms with Crippen molar-refractivity contribution < 1.29 is 4.79 Å². The Morgan fingerprint density at radius 1 is 1.19 bits per heavy atom. The van der Waals surface area contributed by atoms with Crippen LogP contribution in [0.25, 0.3) is 10.9 Å². The van der Waals surface area contributed by atoms with Crippen molar-refractivity contribution in [1.82, 2.24) is 9.66 Å². The quantitative estimate of drug-likeness (QED) is 0.741. The Bertz CT molecular complexity index is 1070. The minimum Gasteiger partial charge on any atom is -0.273 e. The van der Waals surface area contributed by atoms with Crippen molar-refractivity contribution in [1.29, 1.82) is 0 Å². The number of nitrogens with zero attached hydrogens (tertiary/aromatic N) is 2. The summed E-state index contributed by atoms with van der Waals surface area (Å²) >= 11 is 5.93. The van der Waals surface area contributed by atoms with E-state index < -0.39 is 0 Å². The second-order valence-corrected chi connectivity index (χ2v) is 7.70. The fraction of sp³-hybridized carbons (Fsp3) is 0.286. The van der Waals surface area contributed by atoms with Gasteiger partial charge in [-0.05, 0) is 42.2 Å². The third-order valence-electron chi connectivity index (χ3n) is 4.97. The number of halogens is 1. The van der Waals surface area contributed by atoms with Crippen molar-refractivity contribution in [2.45, 2.75) is 32.1 Å². The number of carbonyl (C=O) groups excluding carboxylic acids is 1. The molecule has 27 heavy (non-hydrogen) atoms. The number of rotatable bonds is 4. The van der Waals surface area contributed by atoms with E-state index in [1.54, 1.807) is 12.1 Å². The van der Waals surface area contributed by atoms with Crippen LogP contribution in [0.2, 0.25) is 5.02 Å². The summed E-state index contributed by atoms with van der Waals surface area (Å²) in [5.74, 6) is 0.402. The molecule has 3 aromatic rings. The Kier molecular flexibility index (Phi) is 4.48. The SMILES string of the molecule is CC(C)c1nc2ccccc2c(=O)n1NC(=O)C1CC1c1ccc(Cl)cc1. The highest BCUT2D eigenvalue weighted by molar-refractivity contribution is 6.30. The molecule has 1 saturated carbocycles. The van der Waals surface area contributed by atoms with E-state index in [-0.39, 0.29) is 29.2 Å². The predicted octanol–water partition coefficient (Wildman–Crippen LogP) is 4.05. The zero-order valence-corrected chi connectivity index (χ0v) is 15.9. The van der Waals surface area contributed by atoms with Gasteiger partial charge in [-0.25, -0.2) is 9.66 Å². The molecule has 2 atom stereocenters. The molecule has 1 N–H and O–H groups in total. The van der Waals surface area contributed by atoms with E-state index >= 15 is 0 Å². The van der Waals surface area contributed by atoms with Gasteiger partial charge in [0.15, 0.2) is 0 Å². The third-order valence-corrected chi connectivity index (χ3v) is 5.22. The molecule has 1 heterocycles. The fourth-order valence-corrected chi connectivity index (χ4v) is 3.53. The second kappa shape index (κ2) is 6.82. The number of aromatic nitrogens is 2. The lowest BCUT2D eigenvalue weighted by Gasteiger charge is -2.16. The smallest absolute Gasteiger partial charge is 0.273 e. The first-order valence-corrected chi connectivity index (χ1v) is 9.41. The van der Waals surface area contributed by atoms with Gasteiger partial charge in [0.1, 0.15) is 5.82 Å². The lowest BCUT2D eigenvalue weighted by molar-refractivity contribution is -0.118. The molecule has 6 heteroatoms. The Morgan fingerprint density at radius 2 is 1.89 bits per heavy atom. The van der Waals surface area contributed by atoms with Crippen molar-refractivity contribution in [3.05, 3.63) is 75.3 Å². The number of benzene rings is 2. The van der Waals surface area contributed by atoms with Crippen molar-refractivity contribution in [3.8, 4) is 0 Å². The average molecular weight is 382 g/mol. The van der Waals surface area contributed by atoms with Gasteiger partial charge in [0.2, 0.25) is 5.91 Å². The summed E-state index contributed by atoms with van der Waals surface area (Å²) in [5, 5.41) is 1.17. The highest BCUT2D eigenvalue weighted by Crippen LogP contribution is 2.47. The minimum atomic E-state index is -0.249. The van der Waals surface area contributed by atoms with Crippen LogP contribution in [-0.4, -0.2) is 15.6 Å². The molecule has 5 nitrogen and oxygen atoms in total. The van der Waals surface area contributed by atoms with Gasteiger partial charge in [0, 0.05) is 16.9 Å². The molecule has 0 radical (unpaired) electrons. The van der Waals surface area contributed by atoms with Gasteiger partial charge < -0.3 is 0 Å². The highest BCUT2D eigenvalue weighted by atomic mass is 35.5. The largest absolute Gasteiger partial charge is 0.280 e. The summed E-state index contributed by atoms with van der Waals surface area (Å²) in [7, 11) is 0. The van der Waals surface area contributed by atoms with Gasteiger partial charge in [-0.2, -0.15) is 0 Å². The zero-order chi connectivity index (χ0) is 19.1. The van der Waals surface area contributed by atoms with Crippen LogP contribution in [0.4, 0.5) is 0 Å². The highest BCUT2D eigenvalue weighted by Gasteiger charge is 2.44. The average Bonchev–Trinajstić information content (AvgIpc) is 3.45. The minimum absolute atomic E-state index is 0.00567. The normalized spacial score (nSPS) is 18.7. The summed E-state index contributed by atoms with van der Waals surface area (Å²) in [6, 6.07) is 14.7. The molecule has 4 rings (SSSR count). The van der Waals surface area contributed by atoms with Gasteiger partial charge in [-0.15, -0.1) is 0 Å². The van der Waals surface area contributed by atoms with Crippen LogP contribution in [0.3, 0.4) is 0 Å². The first kappa shape index (κ1) is 17.7. The maximum Gasteiger partial charge on any atom is 0.280 e. The van der Waals surface area contributed by atoms with Gasteiger partial charge in [0.25, 0.3) is 5.56 Å². The van der Waals surface area contributed by atoms with E-state index in [0.29, 0.717) is 21.7 Å². The van der Waals surface area contributed by atoms with E-state index in [1.165, 1.54) is 4.68 Å². The molecule has 1 aliphatic rings. The van der Waals surface area contributed by atoms with Crippen molar-refractivity contribution in [2.75, 3.05) is 5.43 Å². The van der Waals surface area contributed by atoms with Crippen molar-refractivity contribution >= 4 is 28.4 Å². The van der Waals surface area contributed by atoms with Crippen LogP contribution in [0.1, 0.15) is 43.5 Å². The van der Waals surface area contributed by atoms with E-state index in [1.807, 2.05) is 50.2 Å². The Labute approximate surface area is 162 Å². The van der Waals surface area contributed by atoms with E-state index in [9.17, 15) is 9.59 Å². The fourth-order valence-electron chi connectivity index (χ4n) is 3.40. The van der Waals surface area contributed by atoms with Crippen molar-refractivity contribution in [3.63, 3.8) is 0 Å². The number of carbonyl (C=O) groups is 1. The Morgan fingerprint density at radius 3 is 2.59 bits per heavy atom. The van der Waals surface area contributed by atoms with Crippen LogP contribution in [0.15, 0.2) is 53.3 Å². The second-order valence-electron chi connectivity index (χ2n) is 7.26. The zero-order valence-electron chi connectivity index (χ0n) is 15.1. The molecular weight excluding hydrogens is 362 g/mol. The first-order chi connectivity index (χ1) is 13.0. The summed E-state index contributed by atoms with van der Waals surface area (Å²) in [5.41, 5.74) is 4.28. The number of fused-ring (bicyclic) bond motifs is 1. The summed E-state index contributed by atoms with van der Waals surface area (Å²) < 4.78 is 1.31. The Balaban J connectivity index is 1.62. The van der Waals surface area contributed by atoms with Crippen LogP contribution < -0.4 is 11.0 Å². The molecule has 1 aromatic heterocycles. The number of para-hydroxylation sites is 1. The molecule has 1 aliphatic carbocycles. The van der Waals surface area contributed by atoms with Gasteiger partial charge in [-0.1, -0.05) is 49.7 Å². The summed E-state index contributed by atoms with van der Waals surface area (Å²) in [4.78, 5) is 30.3. The molecule has 2 aromatic carbocycles. The van der Waals surface area contributed by atoms with Crippen molar-refractivity contribution in [2.24, 2.45) is 5.92 Å². The summed E-state index contributed by atoms with van der Waals surface area (Å²) in [6.45, 7) is 3.90. The monoisotopic (exact) mass is 381 g/mol. The first-order valence-electron chi connectivity index (χ1n) is 9.03. The molecule has 1 fully saturated rings. The lowest BCUT2D eigenvalue weighted by Crippen LogP contribution is -2.37. The standard InChI is InChI=1S/C21H20ClN3O2/c1-12(2)19-23-18-6-4-3-5-15(18)21(27)25(19)24-20(26)17-11-16(17)13-7-9-14(22)10-8-13/h3-10,12,16-17H,11H2,1-2H3,(H,24,26). The third kappa shape index (κ3) is 3.35. The lowest BCUT2D eigenvalue weighted by atomic mass is 10.1. The maximum absolute atomic E-state index is 12.9. The number of hydrogen-bond acceptors (Lipinski definition) is 3. The molecule has 0 aliphatic heterocycles. The van der Waals surface area contributed by atoms with Crippen LogP contribution >= 0.6 is 11.6 Å². The molecule has 0 bridgehead atoms. The van der Waals surface area contributed by atoms with Crippen LogP contribution in [-0.2, 0) is 4.79 Å². The molecule has 138 valence electrons. The molecular formula is C21H20ClN3O2. The number of nitrogens with one attached hydrogen (secondary N) is 1. The van der Waals surface area contributed by atoms with Gasteiger partial charge in [0.05, 0.1) is 10.9 Å². The topological polar surface area (TPSA) is 64.0 Å². The molecule has 2 unspecified atom stereocenters. The molecule has 1 amide bonds. The number of amides is 1. The maximum atomic E-state index is 12.9. The van der Waals surface area contributed by atoms with Gasteiger partial charge in [-0.3, -0.25) is 15.0 Å². The molecule has 0 saturated heterocycles.